The standard InChI is InChI=1S/C24H28N4O2/c1-5-27(6-2)11-12-28-10-9-20-22(24(28)30)16(4)21(25-20)14-18-17-13-15(3)7-8-19(17)26-23(18)29/h7-10,13-14,25H,5-6,11-12H2,1-4H3,(H,26,29)/b18-14-. The van der Waals surface area contributed by atoms with Crippen molar-refractivity contribution in [3.63, 3.8) is 0 Å². The van der Waals surface area contributed by atoms with Gasteiger partial charge in [-0.15, -0.1) is 0 Å². The average Bonchev–Trinajstić information content (AvgIpc) is 3.21. The van der Waals surface area contributed by atoms with Crippen molar-refractivity contribution < 1.29 is 4.79 Å². The van der Waals surface area contributed by atoms with E-state index < -0.39 is 0 Å². The van der Waals surface area contributed by atoms with E-state index in [0.717, 1.165) is 53.2 Å². The zero-order valence-corrected chi connectivity index (χ0v) is 18.0. The summed E-state index contributed by atoms with van der Waals surface area (Å²) in [6, 6.07) is 7.87. The molecule has 1 aliphatic rings. The number of hydrogen-bond acceptors (Lipinski definition) is 3. The van der Waals surface area contributed by atoms with Gasteiger partial charge in [-0.05, 0) is 56.8 Å². The van der Waals surface area contributed by atoms with Crippen molar-refractivity contribution in [2.75, 3.05) is 25.0 Å². The molecule has 1 aromatic carbocycles. The molecule has 0 atom stereocenters. The van der Waals surface area contributed by atoms with Crippen LogP contribution in [0, 0.1) is 13.8 Å². The van der Waals surface area contributed by atoms with Gasteiger partial charge in [0.15, 0.2) is 0 Å². The first-order chi connectivity index (χ1) is 14.4. The molecule has 1 amide bonds. The topological polar surface area (TPSA) is 70.1 Å². The van der Waals surface area contributed by atoms with E-state index >= 15 is 0 Å². The van der Waals surface area contributed by atoms with E-state index in [1.54, 1.807) is 4.57 Å². The van der Waals surface area contributed by atoms with Crippen LogP contribution in [0.4, 0.5) is 5.69 Å². The quantitative estimate of drug-likeness (QED) is 0.614. The molecule has 0 saturated heterocycles. The number of H-pyrrole nitrogens is 1. The van der Waals surface area contributed by atoms with Gasteiger partial charge in [0.1, 0.15) is 0 Å². The molecule has 0 aliphatic carbocycles. The van der Waals surface area contributed by atoms with Crippen LogP contribution in [0.1, 0.15) is 36.2 Å². The number of hydrogen-bond donors (Lipinski definition) is 2. The van der Waals surface area contributed by atoms with Crippen LogP contribution in [0.15, 0.2) is 35.3 Å². The SMILES string of the molecule is CCN(CC)CCn1ccc2[nH]c(/C=C3\C(=O)Nc4ccc(C)cc43)c(C)c2c1=O. The van der Waals surface area contributed by atoms with Gasteiger partial charge in [-0.3, -0.25) is 9.59 Å². The van der Waals surface area contributed by atoms with Crippen LogP contribution < -0.4 is 10.9 Å². The lowest BCUT2D eigenvalue weighted by atomic mass is 10.0. The minimum absolute atomic E-state index is 0.00479. The fourth-order valence-electron chi connectivity index (χ4n) is 4.11. The second kappa shape index (κ2) is 7.95. The summed E-state index contributed by atoms with van der Waals surface area (Å²) >= 11 is 0. The molecule has 0 unspecified atom stereocenters. The summed E-state index contributed by atoms with van der Waals surface area (Å²) in [5.74, 6) is -0.120. The fraction of sp³-hybridized carbons (Fsp3) is 0.333. The van der Waals surface area contributed by atoms with Gasteiger partial charge in [0, 0.05) is 36.2 Å². The van der Waals surface area contributed by atoms with E-state index in [2.05, 4.69) is 29.0 Å². The maximum absolute atomic E-state index is 13.1. The van der Waals surface area contributed by atoms with E-state index in [1.807, 2.05) is 50.4 Å². The Balaban J connectivity index is 1.74. The normalized spacial score (nSPS) is 14.7. The van der Waals surface area contributed by atoms with Crippen LogP contribution in [0.5, 0.6) is 0 Å². The molecule has 0 radical (unpaired) electrons. The zero-order chi connectivity index (χ0) is 21.4. The molecule has 3 heterocycles. The van der Waals surface area contributed by atoms with Gasteiger partial charge in [-0.2, -0.15) is 0 Å². The number of carbonyl (C=O) groups excluding carboxylic acids is 1. The third-order valence-electron chi connectivity index (χ3n) is 6.01. The maximum atomic E-state index is 13.1. The molecule has 3 aromatic rings. The summed E-state index contributed by atoms with van der Waals surface area (Å²) in [6.07, 6.45) is 3.71. The van der Waals surface area contributed by atoms with E-state index in [4.69, 9.17) is 0 Å². The largest absolute Gasteiger partial charge is 0.355 e. The number of carbonyl (C=O) groups is 1. The molecule has 2 aromatic heterocycles. The van der Waals surface area contributed by atoms with E-state index in [0.29, 0.717) is 17.5 Å². The van der Waals surface area contributed by atoms with Crippen molar-refractivity contribution in [2.24, 2.45) is 0 Å². The van der Waals surface area contributed by atoms with Gasteiger partial charge < -0.3 is 19.8 Å². The number of benzene rings is 1. The molecule has 156 valence electrons. The summed E-state index contributed by atoms with van der Waals surface area (Å²) < 4.78 is 1.78. The van der Waals surface area contributed by atoms with E-state index in [-0.39, 0.29) is 11.5 Å². The van der Waals surface area contributed by atoms with Gasteiger partial charge in [-0.1, -0.05) is 25.5 Å². The molecule has 0 spiro atoms. The summed E-state index contributed by atoms with van der Waals surface area (Å²) in [4.78, 5) is 31.3. The number of nitrogens with one attached hydrogen (secondary N) is 2. The summed E-state index contributed by atoms with van der Waals surface area (Å²) in [5.41, 5.74) is 5.90. The molecule has 0 bridgehead atoms. The highest BCUT2D eigenvalue weighted by molar-refractivity contribution is 6.35. The van der Waals surface area contributed by atoms with Crippen molar-refractivity contribution in [3.8, 4) is 0 Å². The molecule has 0 fully saturated rings. The molecular formula is C24H28N4O2. The number of aryl methyl sites for hydroxylation is 2. The van der Waals surface area contributed by atoms with E-state index in [1.165, 1.54) is 0 Å². The van der Waals surface area contributed by atoms with Crippen LogP contribution >= 0.6 is 0 Å². The highest BCUT2D eigenvalue weighted by Gasteiger charge is 2.25. The Bertz CT molecular complexity index is 1210. The number of pyridine rings is 1. The molecule has 6 heteroatoms. The van der Waals surface area contributed by atoms with Crippen molar-refractivity contribution >= 4 is 34.1 Å². The van der Waals surface area contributed by atoms with Gasteiger partial charge in [-0.25, -0.2) is 0 Å². The van der Waals surface area contributed by atoms with Crippen molar-refractivity contribution in [2.45, 2.75) is 34.2 Å². The van der Waals surface area contributed by atoms with Crippen LogP contribution in [0.2, 0.25) is 0 Å². The minimum Gasteiger partial charge on any atom is -0.355 e. The van der Waals surface area contributed by atoms with Crippen molar-refractivity contribution in [1.82, 2.24) is 14.5 Å². The van der Waals surface area contributed by atoms with Crippen LogP contribution in [-0.2, 0) is 11.3 Å². The number of anilines is 1. The summed E-state index contributed by atoms with van der Waals surface area (Å²) in [6.45, 7) is 11.6. The molecule has 0 saturated carbocycles. The predicted molar refractivity (Wildman–Crippen MR) is 123 cm³/mol. The average molecular weight is 405 g/mol. The molecule has 4 rings (SSSR count). The molecular weight excluding hydrogens is 376 g/mol. The maximum Gasteiger partial charge on any atom is 0.260 e. The second-order valence-corrected chi connectivity index (χ2v) is 7.85. The molecule has 2 N–H and O–H groups in total. The minimum atomic E-state index is -0.120. The lowest BCUT2D eigenvalue weighted by Crippen LogP contribution is -2.30. The number of aromatic nitrogens is 2. The zero-order valence-electron chi connectivity index (χ0n) is 18.0. The smallest absolute Gasteiger partial charge is 0.260 e. The third-order valence-corrected chi connectivity index (χ3v) is 6.01. The first kappa shape index (κ1) is 20.2. The summed E-state index contributed by atoms with van der Waals surface area (Å²) in [5, 5.41) is 3.60. The lowest BCUT2D eigenvalue weighted by molar-refractivity contribution is -0.110. The number of rotatable bonds is 6. The Hall–Kier alpha value is -3.12. The second-order valence-electron chi connectivity index (χ2n) is 7.85. The molecule has 1 aliphatic heterocycles. The summed E-state index contributed by atoms with van der Waals surface area (Å²) in [7, 11) is 0. The van der Waals surface area contributed by atoms with Gasteiger partial charge in [0.25, 0.3) is 11.5 Å². The highest BCUT2D eigenvalue weighted by Crippen LogP contribution is 2.34. The number of nitrogens with zero attached hydrogens (tertiary/aromatic N) is 2. The number of likely N-dealkylation sites (N-methyl/N-ethyl adjacent to an activating group) is 1. The van der Waals surface area contributed by atoms with Crippen LogP contribution in [-0.4, -0.2) is 40.0 Å². The number of amides is 1. The van der Waals surface area contributed by atoms with Crippen molar-refractivity contribution in [1.29, 1.82) is 0 Å². The van der Waals surface area contributed by atoms with Crippen LogP contribution in [0.3, 0.4) is 0 Å². The van der Waals surface area contributed by atoms with Gasteiger partial charge in [0.05, 0.1) is 16.5 Å². The number of fused-ring (bicyclic) bond motifs is 2. The Morgan fingerprint density at radius 1 is 1.10 bits per heavy atom. The van der Waals surface area contributed by atoms with Gasteiger partial charge in [0.2, 0.25) is 0 Å². The number of aromatic amines is 1. The fourth-order valence-corrected chi connectivity index (χ4v) is 4.11. The third kappa shape index (κ3) is 3.48. The van der Waals surface area contributed by atoms with Crippen LogP contribution in [0.25, 0.3) is 22.6 Å². The molecule has 6 nitrogen and oxygen atoms in total. The highest BCUT2D eigenvalue weighted by atomic mass is 16.2. The Morgan fingerprint density at radius 2 is 1.87 bits per heavy atom. The Kier molecular flexibility index (Phi) is 5.35. The lowest BCUT2D eigenvalue weighted by Gasteiger charge is -2.18. The first-order valence-corrected chi connectivity index (χ1v) is 10.5. The monoisotopic (exact) mass is 404 g/mol. The van der Waals surface area contributed by atoms with Crippen molar-refractivity contribution in [3.05, 3.63) is 63.2 Å². The predicted octanol–water partition coefficient (Wildman–Crippen LogP) is 3.78. The first-order valence-electron chi connectivity index (χ1n) is 10.5. The Morgan fingerprint density at radius 3 is 2.60 bits per heavy atom. The van der Waals surface area contributed by atoms with E-state index in [9.17, 15) is 9.59 Å². The van der Waals surface area contributed by atoms with Gasteiger partial charge >= 0.3 is 0 Å². The molecule has 30 heavy (non-hydrogen) atoms. The Labute approximate surface area is 176 Å².